The fourth-order valence-corrected chi connectivity index (χ4v) is 10.4. The third-order valence-electron chi connectivity index (χ3n) is 15.0. The molecule has 2 saturated heterocycles. The maximum absolute atomic E-state index is 14.8. The van der Waals surface area contributed by atoms with Crippen LogP contribution in [-0.4, -0.2) is 176 Å². The van der Waals surface area contributed by atoms with E-state index in [0.29, 0.717) is 41.6 Å². The van der Waals surface area contributed by atoms with E-state index in [2.05, 4.69) is 67.8 Å². The average Bonchev–Trinajstić information content (AvgIpc) is 2.84. The number of aliphatic hydroxyl groups is 1. The predicted molar refractivity (Wildman–Crippen MR) is 320 cm³/mol. The molecule has 10 amide bonds. The van der Waals surface area contributed by atoms with E-state index in [4.69, 9.17) is 11.5 Å². The number of nitrogens with one attached hydrogen (secondary N) is 11. The smallest absolute Gasteiger partial charge is 0.245 e. The molecule has 28 heteroatoms. The molecule has 2 aromatic heterocycles. The average molecular weight is 1210 g/mol. The minimum Gasteiger partial charge on any atom is -0.508 e. The summed E-state index contributed by atoms with van der Waals surface area (Å²) < 4.78 is 0. The lowest BCUT2D eigenvalue weighted by molar-refractivity contribution is -0.142. The number of likely N-dealkylation sites (tertiary alicyclic amines) is 1. The van der Waals surface area contributed by atoms with E-state index in [1.54, 1.807) is 52.1 Å². The highest BCUT2D eigenvalue weighted by molar-refractivity contribution is 5.99. The lowest BCUT2D eigenvalue weighted by Gasteiger charge is -2.34. The number of guanidine groups is 1. The van der Waals surface area contributed by atoms with Crippen LogP contribution in [0.4, 0.5) is 0 Å². The van der Waals surface area contributed by atoms with Crippen LogP contribution in [0, 0.1) is 11.3 Å². The van der Waals surface area contributed by atoms with Crippen molar-refractivity contribution >= 4 is 75.9 Å². The number of aliphatic imine (C=N–C) groups is 1. The van der Waals surface area contributed by atoms with Crippen molar-refractivity contribution in [1.29, 1.82) is 0 Å². The number of benzene rings is 2. The van der Waals surface area contributed by atoms with Crippen LogP contribution in [0.5, 0.6) is 5.75 Å². The summed E-state index contributed by atoms with van der Waals surface area (Å²) in [6.45, 7) is 10.2. The van der Waals surface area contributed by atoms with Crippen LogP contribution < -0.4 is 59.3 Å². The fraction of sp³-hybridized carbons (Fsp3) is 0.525. The topological polar surface area (TPSA) is 432 Å². The van der Waals surface area contributed by atoms with Crippen LogP contribution in [-0.2, 0) is 67.2 Å². The van der Waals surface area contributed by atoms with E-state index in [9.17, 15) is 58.2 Å². The molecule has 0 saturated carbocycles. The number of nitrogens with zero attached hydrogens (tertiary/aromatic N) is 3. The Morgan fingerprint density at radius 3 is 1.99 bits per heavy atom. The highest BCUT2D eigenvalue weighted by atomic mass is 16.3. The molecule has 0 aliphatic carbocycles. The molecule has 4 aromatic rings. The molecule has 2 fully saturated rings. The zero-order chi connectivity index (χ0) is 63.5. The largest absolute Gasteiger partial charge is 0.508 e. The van der Waals surface area contributed by atoms with E-state index in [1.807, 2.05) is 19.9 Å². The number of H-pyrrole nitrogens is 2. The molecule has 472 valence electrons. The van der Waals surface area contributed by atoms with E-state index in [0.717, 1.165) is 5.52 Å². The van der Waals surface area contributed by atoms with Crippen molar-refractivity contribution < 1.29 is 58.2 Å². The molecule has 0 spiro atoms. The summed E-state index contributed by atoms with van der Waals surface area (Å²) in [4.78, 5) is 155. The van der Waals surface area contributed by atoms with Crippen LogP contribution in [0.2, 0.25) is 0 Å². The number of carbonyl (C=O) groups excluding carboxylic acids is 10. The van der Waals surface area contributed by atoms with Gasteiger partial charge in [0.25, 0.3) is 0 Å². The first-order valence-electron chi connectivity index (χ1n) is 29.3. The number of imidazole rings is 1. The summed E-state index contributed by atoms with van der Waals surface area (Å²) in [5.74, 6) is -7.42. The molecule has 17 N–H and O–H groups in total. The molecule has 6 rings (SSSR count). The Kier molecular flexibility index (Phi) is 24.2. The first-order chi connectivity index (χ1) is 41.3. The standard InChI is InChI=1S/C59H84N16O12/c1-7-63-55(85)46-15-11-23-75(46)57(87)40(14-10-22-64-58(60)61)68-50(80)41(24-32(2)3)72-56(86)48(59(4,5)6)74-53(83)42(25-33-16-18-36(77)19-17-33)69-54(84)45(30-76)73-51(81)43(26-34-28-65-38-13-9-8-12-37(34)38)70-52(82)44(27-35-29-62-31-66-35)71-49(79)39-20-21-47(78)67-39/h8-9,12-13,16-19,28-29,31-32,39-46,48,65,76-77H,7,10-11,14-15,20-27,30H2,1-6H3,(H,62,66)(H,63,85)(H,67,78)(H,68,80)(H,69,84)(H,70,82)(H,71,79)(H,72,86)(H,73,81)(H,74,83)(H4,60,61,64). The maximum Gasteiger partial charge on any atom is 0.245 e. The van der Waals surface area contributed by atoms with E-state index in [-0.39, 0.29) is 93.9 Å². The molecule has 2 aliphatic rings. The van der Waals surface area contributed by atoms with Crippen molar-refractivity contribution in [2.45, 2.75) is 160 Å². The predicted octanol–water partition coefficient (Wildman–Crippen LogP) is -1.44. The van der Waals surface area contributed by atoms with Crippen molar-refractivity contribution in [2.75, 3.05) is 26.2 Å². The minimum atomic E-state index is -1.76. The quantitative estimate of drug-likeness (QED) is 0.0162. The number of likely N-dealkylation sites (N-methyl/N-ethyl adjacent to an activating group) is 1. The maximum atomic E-state index is 14.8. The lowest BCUT2D eigenvalue weighted by atomic mass is 9.85. The van der Waals surface area contributed by atoms with Crippen molar-refractivity contribution in [3.8, 4) is 5.75 Å². The summed E-state index contributed by atoms with van der Waals surface area (Å²) in [7, 11) is 0. The number of aromatic amines is 2. The molecule has 0 bridgehead atoms. The summed E-state index contributed by atoms with van der Waals surface area (Å²) in [6.07, 6.45) is 5.71. The van der Waals surface area contributed by atoms with Crippen molar-refractivity contribution in [2.24, 2.45) is 27.8 Å². The van der Waals surface area contributed by atoms with Gasteiger partial charge in [-0.15, -0.1) is 0 Å². The number of fused-ring (bicyclic) bond motifs is 1. The van der Waals surface area contributed by atoms with Gasteiger partial charge in [-0.25, -0.2) is 4.98 Å². The first-order valence-corrected chi connectivity index (χ1v) is 29.3. The van der Waals surface area contributed by atoms with Crippen molar-refractivity contribution in [3.05, 3.63) is 84.1 Å². The van der Waals surface area contributed by atoms with Crippen molar-refractivity contribution in [3.63, 3.8) is 0 Å². The number of phenolic OH excluding ortho intramolecular Hbond substituents is 1. The summed E-state index contributed by atoms with van der Waals surface area (Å²) in [6, 6.07) is 1.42. The van der Waals surface area contributed by atoms with E-state index < -0.39 is 114 Å². The van der Waals surface area contributed by atoms with Gasteiger partial charge in [-0.3, -0.25) is 52.9 Å². The Morgan fingerprint density at radius 1 is 0.747 bits per heavy atom. The number of carbonyl (C=O) groups is 10. The van der Waals surface area contributed by atoms with Gasteiger partial charge in [0, 0.05) is 74.3 Å². The SMILES string of the molecule is CCNC(=O)C1CCCN1C(=O)C(CCCN=C(N)N)NC(=O)C(CC(C)C)NC(=O)C(NC(=O)C(Cc1ccc(O)cc1)NC(=O)C(CO)NC(=O)C(Cc1c[nH]c2ccccc12)NC(=O)C(Cc1cnc[nH]1)NC(=O)C1CCC(=O)N1)C(C)(C)C. The number of para-hydroxylation sites is 1. The molecule has 2 aromatic carbocycles. The van der Waals surface area contributed by atoms with Gasteiger partial charge in [-0.1, -0.05) is 65.0 Å². The third-order valence-corrected chi connectivity index (χ3v) is 15.0. The molecule has 2 aliphatic heterocycles. The van der Waals surface area contributed by atoms with Crippen LogP contribution >= 0.6 is 0 Å². The number of hydrogen-bond acceptors (Lipinski definition) is 14. The molecule has 87 heavy (non-hydrogen) atoms. The van der Waals surface area contributed by atoms with Gasteiger partial charge >= 0.3 is 0 Å². The van der Waals surface area contributed by atoms with Gasteiger partial charge in [0.2, 0.25) is 59.1 Å². The summed E-state index contributed by atoms with van der Waals surface area (Å²) >= 11 is 0. The molecular formula is C59H84N16O12. The Hall–Kier alpha value is -9.08. The lowest BCUT2D eigenvalue weighted by Crippen LogP contribution is -2.63. The number of phenols is 1. The van der Waals surface area contributed by atoms with Gasteiger partial charge < -0.3 is 84.4 Å². The van der Waals surface area contributed by atoms with Gasteiger partial charge in [0.1, 0.15) is 60.1 Å². The molecular weight excluding hydrogens is 1120 g/mol. The minimum absolute atomic E-state index is 0.0821. The molecule has 28 nitrogen and oxygen atoms in total. The number of hydrogen-bond donors (Lipinski definition) is 15. The third kappa shape index (κ3) is 19.5. The Labute approximate surface area is 504 Å². The second-order valence-electron chi connectivity index (χ2n) is 23.4. The van der Waals surface area contributed by atoms with Crippen LogP contribution in [0.1, 0.15) is 103 Å². The first kappa shape index (κ1) is 67.1. The summed E-state index contributed by atoms with van der Waals surface area (Å²) in [5.41, 5.74) is 12.2. The van der Waals surface area contributed by atoms with Gasteiger partial charge in [0.15, 0.2) is 5.96 Å². The number of aromatic hydroxyl groups is 1. The molecule has 9 atom stereocenters. The Bertz CT molecular complexity index is 3080. The van der Waals surface area contributed by atoms with Gasteiger partial charge in [0.05, 0.1) is 12.9 Å². The Balaban J connectivity index is 1.23. The highest BCUT2D eigenvalue weighted by Crippen LogP contribution is 2.24. The Morgan fingerprint density at radius 2 is 1.37 bits per heavy atom. The van der Waals surface area contributed by atoms with E-state index in [1.165, 1.54) is 41.7 Å². The summed E-state index contributed by atoms with van der Waals surface area (Å²) in [5, 5.41) is 45.9. The van der Waals surface area contributed by atoms with Gasteiger partial charge in [-0.05, 0) is 86.1 Å². The van der Waals surface area contributed by atoms with Crippen molar-refractivity contribution in [1.82, 2.24) is 67.7 Å². The van der Waals surface area contributed by atoms with Gasteiger partial charge in [-0.2, -0.15) is 0 Å². The number of nitrogens with two attached hydrogens (primary N) is 2. The molecule has 4 heterocycles. The fourth-order valence-electron chi connectivity index (χ4n) is 10.4. The monoisotopic (exact) mass is 1210 g/mol. The molecule has 0 radical (unpaired) electrons. The van der Waals surface area contributed by atoms with Crippen LogP contribution in [0.25, 0.3) is 10.9 Å². The number of rotatable bonds is 30. The zero-order valence-electron chi connectivity index (χ0n) is 50.0. The van der Waals surface area contributed by atoms with Crippen LogP contribution in [0.15, 0.2) is 72.2 Å². The number of aromatic nitrogens is 3. The second-order valence-corrected chi connectivity index (χ2v) is 23.4. The van der Waals surface area contributed by atoms with E-state index >= 15 is 0 Å². The number of amides is 10. The highest BCUT2D eigenvalue weighted by Gasteiger charge is 2.41. The second kappa shape index (κ2) is 31.4. The normalized spacial score (nSPS) is 17.3. The van der Waals surface area contributed by atoms with Crippen LogP contribution in [0.3, 0.4) is 0 Å². The number of aliphatic hydroxyl groups excluding tert-OH is 1. The zero-order valence-corrected chi connectivity index (χ0v) is 50.0. The molecule has 9 unspecified atom stereocenters.